The molecular weight excluding hydrogens is 192 g/mol. The first-order valence-corrected chi connectivity index (χ1v) is 7.50. The third-order valence-electron chi connectivity index (χ3n) is 4.47. The summed E-state index contributed by atoms with van der Waals surface area (Å²) in [5.74, 6) is 1.94. The third-order valence-corrected chi connectivity index (χ3v) is 4.47. The predicted molar refractivity (Wildman–Crippen MR) is 73.7 cm³/mol. The summed E-state index contributed by atoms with van der Waals surface area (Å²) in [7, 11) is 0. The topological polar surface area (TPSA) is 0 Å². The molecule has 96 valence electrons. The average Bonchev–Trinajstić information content (AvgIpc) is 2.22. The minimum Gasteiger partial charge on any atom is -0.0625 e. The molecule has 0 bridgehead atoms. The second-order valence-electron chi connectivity index (χ2n) is 7.09. The first-order valence-electron chi connectivity index (χ1n) is 7.50. The second kappa shape index (κ2) is 6.67. The summed E-state index contributed by atoms with van der Waals surface area (Å²) in [5, 5.41) is 0. The summed E-state index contributed by atoms with van der Waals surface area (Å²) in [6.07, 6.45) is 13.2. The van der Waals surface area contributed by atoms with Crippen molar-refractivity contribution in [2.24, 2.45) is 17.3 Å². The Morgan fingerprint density at radius 1 is 0.688 bits per heavy atom. The lowest BCUT2D eigenvalue weighted by Gasteiger charge is -2.31. The van der Waals surface area contributed by atoms with Gasteiger partial charge in [0, 0.05) is 0 Å². The van der Waals surface area contributed by atoms with Crippen LogP contribution in [-0.4, -0.2) is 0 Å². The number of hydrogen-bond acceptors (Lipinski definition) is 0. The maximum absolute atomic E-state index is 2.44. The van der Waals surface area contributed by atoms with Crippen LogP contribution in [0.15, 0.2) is 0 Å². The maximum atomic E-state index is 2.44. The van der Waals surface area contributed by atoms with Gasteiger partial charge in [0.15, 0.2) is 0 Å². The highest BCUT2D eigenvalue weighted by Gasteiger charge is 2.23. The molecule has 1 aliphatic carbocycles. The van der Waals surface area contributed by atoms with Gasteiger partial charge in [-0.1, -0.05) is 72.6 Å². The summed E-state index contributed by atoms with van der Waals surface area (Å²) in [5.41, 5.74) is 0.527. The van der Waals surface area contributed by atoms with Crippen LogP contribution in [0.5, 0.6) is 0 Å². The highest BCUT2D eigenvalue weighted by atomic mass is 14.3. The van der Waals surface area contributed by atoms with Crippen molar-refractivity contribution in [1.29, 1.82) is 0 Å². The SMILES string of the molecule is CC1CCCCCC(C(C)(C)C)CCCC1. The van der Waals surface area contributed by atoms with E-state index in [1.807, 2.05) is 0 Å². The normalized spacial score (nSPS) is 30.8. The zero-order valence-corrected chi connectivity index (χ0v) is 12.0. The molecule has 0 spiro atoms. The van der Waals surface area contributed by atoms with E-state index in [0.717, 1.165) is 11.8 Å². The summed E-state index contributed by atoms with van der Waals surface area (Å²) in [6.45, 7) is 9.74. The van der Waals surface area contributed by atoms with Gasteiger partial charge in [0.1, 0.15) is 0 Å². The van der Waals surface area contributed by atoms with Crippen LogP contribution in [0.3, 0.4) is 0 Å². The molecule has 1 aliphatic rings. The number of rotatable bonds is 0. The van der Waals surface area contributed by atoms with E-state index in [-0.39, 0.29) is 0 Å². The van der Waals surface area contributed by atoms with Crippen molar-refractivity contribution in [3.05, 3.63) is 0 Å². The summed E-state index contributed by atoms with van der Waals surface area (Å²) >= 11 is 0. The molecular formula is C16H32. The molecule has 0 aromatic heterocycles. The molecule has 0 nitrogen and oxygen atoms in total. The highest BCUT2D eigenvalue weighted by molar-refractivity contribution is 4.75. The molecule has 2 atom stereocenters. The molecule has 0 aromatic carbocycles. The lowest BCUT2D eigenvalue weighted by molar-refractivity contribution is 0.202. The standard InChI is InChI=1S/C16H32/c1-14-10-6-5-7-12-15(16(2,3)4)13-9-8-11-14/h14-15H,5-13H2,1-4H3. The van der Waals surface area contributed by atoms with Gasteiger partial charge in [-0.15, -0.1) is 0 Å². The Morgan fingerprint density at radius 2 is 1.12 bits per heavy atom. The molecule has 0 N–H and O–H groups in total. The fraction of sp³-hybridized carbons (Fsp3) is 1.00. The van der Waals surface area contributed by atoms with Crippen molar-refractivity contribution in [3.63, 3.8) is 0 Å². The minimum absolute atomic E-state index is 0.527. The van der Waals surface area contributed by atoms with Crippen molar-refractivity contribution < 1.29 is 0 Å². The van der Waals surface area contributed by atoms with Crippen LogP contribution in [-0.2, 0) is 0 Å². The molecule has 0 radical (unpaired) electrons. The lowest BCUT2D eigenvalue weighted by atomic mass is 9.75. The van der Waals surface area contributed by atoms with Crippen molar-refractivity contribution in [3.8, 4) is 0 Å². The molecule has 0 aromatic rings. The molecule has 0 saturated heterocycles. The van der Waals surface area contributed by atoms with Gasteiger partial charge >= 0.3 is 0 Å². The van der Waals surface area contributed by atoms with Gasteiger partial charge in [-0.25, -0.2) is 0 Å². The summed E-state index contributed by atoms with van der Waals surface area (Å²) < 4.78 is 0. The molecule has 0 heterocycles. The minimum atomic E-state index is 0.527. The maximum Gasteiger partial charge on any atom is -0.0354 e. The van der Waals surface area contributed by atoms with Crippen LogP contribution in [0.1, 0.15) is 85.5 Å². The molecule has 0 heteroatoms. The van der Waals surface area contributed by atoms with E-state index in [0.29, 0.717) is 5.41 Å². The van der Waals surface area contributed by atoms with Gasteiger partial charge in [-0.2, -0.15) is 0 Å². The van der Waals surface area contributed by atoms with Crippen LogP contribution in [0.4, 0.5) is 0 Å². The summed E-state index contributed by atoms with van der Waals surface area (Å²) in [6, 6.07) is 0. The Bertz CT molecular complexity index is 175. The van der Waals surface area contributed by atoms with Crippen LogP contribution < -0.4 is 0 Å². The smallest absolute Gasteiger partial charge is 0.0354 e. The Kier molecular flexibility index (Phi) is 5.86. The lowest BCUT2D eigenvalue weighted by Crippen LogP contribution is -2.20. The Balaban J connectivity index is 2.43. The molecule has 1 fully saturated rings. The van der Waals surface area contributed by atoms with Gasteiger partial charge in [0.2, 0.25) is 0 Å². The fourth-order valence-corrected chi connectivity index (χ4v) is 3.10. The van der Waals surface area contributed by atoms with Gasteiger partial charge in [-0.3, -0.25) is 0 Å². The van der Waals surface area contributed by atoms with Crippen LogP contribution in [0.25, 0.3) is 0 Å². The summed E-state index contributed by atoms with van der Waals surface area (Å²) in [4.78, 5) is 0. The van der Waals surface area contributed by atoms with Gasteiger partial charge in [0.05, 0.1) is 0 Å². The van der Waals surface area contributed by atoms with E-state index in [9.17, 15) is 0 Å². The first-order chi connectivity index (χ1) is 7.50. The van der Waals surface area contributed by atoms with E-state index in [1.54, 1.807) is 0 Å². The van der Waals surface area contributed by atoms with E-state index >= 15 is 0 Å². The van der Waals surface area contributed by atoms with Crippen molar-refractivity contribution in [2.45, 2.75) is 85.5 Å². The van der Waals surface area contributed by atoms with E-state index < -0.39 is 0 Å². The van der Waals surface area contributed by atoms with Crippen LogP contribution in [0.2, 0.25) is 0 Å². The van der Waals surface area contributed by atoms with Crippen LogP contribution >= 0.6 is 0 Å². The Labute approximate surface area is 103 Å². The number of hydrogen-bond donors (Lipinski definition) is 0. The van der Waals surface area contributed by atoms with E-state index in [1.165, 1.54) is 57.8 Å². The Morgan fingerprint density at radius 3 is 1.69 bits per heavy atom. The molecule has 0 aliphatic heterocycles. The molecule has 2 unspecified atom stereocenters. The average molecular weight is 224 g/mol. The monoisotopic (exact) mass is 224 g/mol. The van der Waals surface area contributed by atoms with Crippen molar-refractivity contribution in [1.82, 2.24) is 0 Å². The zero-order valence-electron chi connectivity index (χ0n) is 12.0. The fourth-order valence-electron chi connectivity index (χ4n) is 3.10. The molecule has 0 amide bonds. The third kappa shape index (κ3) is 5.37. The van der Waals surface area contributed by atoms with Crippen molar-refractivity contribution in [2.75, 3.05) is 0 Å². The predicted octanol–water partition coefficient (Wildman–Crippen LogP) is 5.81. The first kappa shape index (κ1) is 14.1. The van der Waals surface area contributed by atoms with Gasteiger partial charge in [-0.05, 0) is 30.1 Å². The molecule has 1 rings (SSSR count). The second-order valence-corrected chi connectivity index (χ2v) is 7.09. The van der Waals surface area contributed by atoms with Gasteiger partial charge in [0.25, 0.3) is 0 Å². The molecule has 1 saturated carbocycles. The van der Waals surface area contributed by atoms with E-state index in [4.69, 9.17) is 0 Å². The van der Waals surface area contributed by atoms with Crippen LogP contribution in [0, 0.1) is 17.3 Å². The van der Waals surface area contributed by atoms with Crippen molar-refractivity contribution >= 4 is 0 Å². The molecule has 16 heavy (non-hydrogen) atoms. The quantitative estimate of drug-likeness (QED) is 0.487. The largest absolute Gasteiger partial charge is 0.0625 e. The highest BCUT2D eigenvalue weighted by Crippen LogP contribution is 2.35. The van der Waals surface area contributed by atoms with Gasteiger partial charge < -0.3 is 0 Å². The van der Waals surface area contributed by atoms with E-state index in [2.05, 4.69) is 27.7 Å². The zero-order chi connectivity index (χ0) is 12.0. The Hall–Kier alpha value is 0.